The molecule has 5 heteroatoms. The van der Waals surface area contributed by atoms with Crippen LogP contribution in [0.5, 0.6) is 0 Å². The van der Waals surface area contributed by atoms with Gasteiger partial charge in [-0.15, -0.1) is 11.8 Å². The molecule has 1 atom stereocenters. The zero-order valence-corrected chi connectivity index (χ0v) is 11.4. The molecule has 0 saturated heterocycles. The van der Waals surface area contributed by atoms with E-state index in [-0.39, 0.29) is 11.2 Å². The Morgan fingerprint density at radius 2 is 2.18 bits per heavy atom. The number of thiocarbonyl (C=S) groups is 1. The van der Waals surface area contributed by atoms with E-state index in [1.165, 1.54) is 18.9 Å². The zero-order chi connectivity index (χ0) is 12.8. The number of esters is 1. The molecular weight excluding hydrogens is 254 g/mol. The Morgan fingerprint density at radius 1 is 1.53 bits per heavy atom. The highest BCUT2D eigenvalue weighted by Gasteiger charge is 2.14. The summed E-state index contributed by atoms with van der Waals surface area (Å²) in [7, 11) is 1.39. The molecule has 0 heterocycles. The fourth-order valence-corrected chi connectivity index (χ4v) is 2.45. The molecule has 0 aliphatic heterocycles. The quantitative estimate of drug-likeness (QED) is 0.655. The van der Waals surface area contributed by atoms with Gasteiger partial charge in [-0.25, -0.2) is 0 Å². The summed E-state index contributed by atoms with van der Waals surface area (Å²) in [4.78, 5) is 11.6. The van der Waals surface area contributed by atoms with E-state index in [0.29, 0.717) is 10.7 Å². The summed E-state index contributed by atoms with van der Waals surface area (Å²) in [6.07, 6.45) is 0. The lowest BCUT2D eigenvalue weighted by Crippen LogP contribution is -2.16. The molecule has 0 aliphatic carbocycles. The number of methoxy groups -OCH3 is 1. The van der Waals surface area contributed by atoms with Gasteiger partial charge >= 0.3 is 5.97 Å². The summed E-state index contributed by atoms with van der Waals surface area (Å²) < 4.78 is 4.67. The van der Waals surface area contributed by atoms with Crippen LogP contribution in [0.4, 0.5) is 0 Å². The smallest absolute Gasteiger partial charge is 0.318 e. The fourth-order valence-electron chi connectivity index (χ4n) is 1.34. The van der Waals surface area contributed by atoms with Crippen LogP contribution in [-0.4, -0.2) is 23.3 Å². The normalized spacial score (nSPS) is 11.9. The Morgan fingerprint density at radius 3 is 2.76 bits per heavy atom. The highest BCUT2D eigenvalue weighted by atomic mass is 32.2. The van der Waals surface area contributed by atoms with Crippen molar-refractivity contribution >= 4 is 34.9 Å². The van der Waals surface area contributed by atoms with E-state index >= 15 is 0 Å². The SMILES string of the molecule is COC(=O)C(C)SCc1ccccc1C(N)=S. The lowest BCUT2D eigenvalue weighted by molar-refractivity contribution is -0.139. The van der Waals surface area contributed by atoms with Crippen molar-refractivity contribution in [2.45, 2.75) is 17.9 Å². The number of hydrogen-bond acceptors (Lipinski definition) is 4. The van der Waals surface area contributed by atoms with E-state index in [9.17, 15) is 4.79 Å². The van der Waals surface area contributed by atoms with Crippen molar-refractivity contribution in [2.24, 2.45) is 5.73 Å². The lowest BCUT2D eigenvalue weighted by Gasteiger charge is -2.11. The van der Waals surface area contributed by atoms with Crippen molar-refractivity contribution in [1.29, 1.82) is 0 Å². The maximum Gasteiger partial charge on any atom is 0.318 e. The molecule has 1 aromatic rings. The van der Waals surface area contributed by atoms with Gasteiger partial charge in [0.1, 0.15) is 4.99 Å². The second kappa shape index (κ2) is 6.61. The van der Waals surface area contributed by atoms with E-state index in [1.807, 2.05) is 31.2 Å². The molecule has 0 amide bonds. The van der Waals surface area contributed by atoms with Gasteiger partial charge in [-0.2, -0.15) is 0 Å². The standard InChI is InChI=1S/C12H15NO2S2/c1-8(12(14)15-2)17-7-9-5-3-4-6-10(9)11(13)16/h3-6,8H,7H2,1-2H3,(H2,13,16). The first kappa shape index (κ1) is 14.0. The van der Waals surface area contributed by atoms with Crippen molar-refractivity contribution in [3.63, 3.8) is 0 Å². The molecule has 0 fully saturated rings. The molecule has 0 saturated carbocycles. The molecule has 0 aliphatic rings. The van der Waals surface area contributed by atoms with Crippen LogP contribution in [0.25, 0.3) is 0 Å². The van der Waals surface area contributed by atoms with Gasteiger partial charge < -0.3 is 10.5 Å². The van der Waals surface area contributed by atoms with Crippen LogP contribution in [-0.2, 0) is 15.3 Å². The molecule has 1 rings (SSSR count). The van der Waals surface area contributed by atoms with E-state index in [4.69, 9.17) is 18.0 Å². The predicted molar refractivity (Wildman–Crippen MR) is 75.1 cm³/mol. The van der Waals surface area contributed by atoms with E-state index < -0.39 is 0 Å². The first-order valence-corrected chi connectivity index (χ1v) is 6.59. The summed E-state index contributed by atoms with van der Waals surface area (Å²) in [6, 6.07) is 7.68. The average molecular weight is 269 g/mol. The third-order valence-electron chi connectivity index (χ3n) is 2.30. The molecule has 1 aromatic carbocycles. The third-order valence-corrected chi connectivity index (χ3v) is 3.69. The van der Waals surface area contributed by atoms with Gasteiger partial charge in [0.05, 0.1) is 12.4 Å². The highest BCUT2D eigenvalue weighted by molar-refractivity contribution is 7.99. The summed E-state index contributed by atoms with van der Waals surface area (Å²) in [6.45, 7) is 1.82. The highest BCUT2D eigenvalue weighted by Crippen LogP contribution is 2.21. The van der Waals surface area contributed by atoms with Crippen LogP contribution >= 0.6 is 24.0 Å². The van der Waals surface area contributed by atoms with Crippen molar-refractivity contribution in [3.8, 4) is 0 Å². The molecule has 3 nitrogen and oxygen atoms in total. The van der Waals surface area contributed by atoms with Gasteiger partial charge in [0.2, 0.25) is 0 Å². The number of thioether (sulfide) groups is 1. The number of carbonyl (C=O) groups excluding carboxylic acids is 1. The Balaban J connectivity index is 2.69. The van der Waals surface area contributed by atoms with Crippen molar-refractivity contribution in [3.05, 3.63) is 35.4 Å². The molecule has 92 valence electrons. The minimum Gasteiger partial charge on any atom is -0.468 e. The first-order valence-electron chi connectivity index (χ1n) is 5.13. The summed E-state index contributed by atoms with van der Waals surface area (Å²) >= 11 is 6.48. The van der Waals surface area contributed by atoms with Gasteiger partial charge in [-0.3, -0.25) is 4.79 Å². The molecule has 0 bridgehead atoms. The zero-order valence-electron chi connectivity index (χ0n) is 9.80. The summed E-state index contributed by atoms with van der Waals surface area (Å²) in [5, 5.41) is -0.195. The number of nitrogens with two attached hydrogens (primary N) is 1. The number of rotatable bonds is 5. The Bertz CT molecular complexity index is 421. The van der Waals surface area contributed by atoms with Crippen LogP contribution < -0.4 is 5.73 Å². The minimum absolute atomic E-state index is 0.195. The van der Waals surface area contributed by atoms with Gasteiger partial charge in [0.25, 0.3) is 0 Å². The molecule has 1 unspecified atom stereocenters. The Hall–Kier alpha value is -1.07. The van der Waals surface area contributed by atoms with Crippen LogP contribution in [0.1, 0.15) is 18.1 Å². The topological polar surface area (TPSA) is 52.3 Å². The maximum atomic E-state index is 11.3. The summed E-state index contributed by atoms with van der Waals surface area (Å²) in [5.74, 6) is 0.465. The number of ether oxygens (including phenoxy) is 1. The molecular formula is C12H15NO2S2. The van der Waals surface area contributed by atoms with E-state index in [0.717, 1.165) is 11.1 Å². The van der Waals surface area contributed by atoms with E-state index in [2.05, 4.69) is 4.74 Å². The van der Waals surface area contributed by atoms with Gasteiger partial charge in [-0.1, -0.05) is 36.5 Å². The van der Waals surface area contributed by atoms with E-state index in [1.54, 1.807) is 0 Å². The van der Waals surface area contributed by atoms with Crippen LogP contribution in [0.2, 0.25) is 0 Å². The molecule has 0 aromatic heterocycles. The van der Waals surface area contributed by atoms with Gasteiger partial charge in [-0.05, 0) is 12.5 Å². The fraction of sp³-hybridized carbons (Fsp3) is 0.333. The largest absolute Gasteiger partial charge is 0.468 e. The lowest BCUT2D eigenvalue weighted by atomic mass is 10.1. The number of benzene rings is 1. The third kappa shape index (κ3) is 4.02. The molecule has 0 spiro atoms. The summed E-state index contributed by atoms with van der Waals surface area (Å²) in [5.41, 5.74) is 7.55. The predicted octanol–water partition coefficient (Wildman–Crippen LogP) is 2.12. The number of hydrogen-bond donors (Lipinski definition) is 1. The number of carbonyl (C=O) groups is 1. The molecule has 0 radical (unpaired) electrons. The van der Waals surface area contributed by atoms with Crippen LogP contribution in [0.15, 0.2) is 24.3 Å². The molecule has 17 heavy (non-hydrogen) atoms. The average Bonchev–Trinajstić information content (AvgIpc) is 2.35. The van der Waals surface area contributed by atoms with Crippen LogP contribution in [0.3, 0.4) is 0 Å². The monoisotopic (exact) mass is 269 g/mol. The van der Waals surface area contributed by atoms with Crippen LogP contribution in [0, 0.1) is 0 Å². The van der Waals surface area contributed by atoms with Crippen molar-refractivity contribution in [1.82, 2.24) is 0 Å². The van der Waals surface area contributed by atoms with Crippen molar-refractivity contribution < 1.29 is 9.53 Å². The van der Waals surface area contributed by atoms with Gasteiger partial charge in [0, 0.05) is 11.3 Å². The Labute approximate surface area is 111 Å². The maximum absolute atomic E-state index is 11.3. The second-order valence-corrected chi connectivity index (χ2v) is 5.27. The first-order chi connectivity index (χ1) is 8.06. The Kier molecular flexibility index (Phi) is 5.44. The van der Waals surface area contributed by atoms with Crippen molar-refractivity contribution in [2.75, 3.05) is 7.11 Å². The van der Waals surface area contributed by atoms with Gasteiger partial charge in [0.15, 0.2) is 0 Å². The molecule has 2 N–H and O–H groups in total. The second-order valence-electron chi connectivity index (χ2n) is 3.50. The minimum atomic E-state index is -0.220.